The molecule has 0 N–H and O–H groups in total. The molecule has 1 atom stereocenters. The summed E-state index contributed by atoms with van der Waals surface area (Å²) in [6.45, 7) is 6.68. The lowest BCUT2D eigenvalue weighted by Crippen LogP contribution is -2.30. The number of hydrogen-bond acceptors (Lipinski definition) is 6. The Hall–Kier alpha value is -1.59. The highest BCUT2D eigenvalue weighted by atomic mass is 16.6. The van der Waals surface area contributed by atoms with Crippen molar-refractivity contribution in [2.45, 2.75) is 367 Å². The molecule has 0 amide bonds. The first-order chi connectivity index (χ1) is 33.5. The zero-order valence-corrected chi connectivity index (χ0v) is 46.4. The van der Waals surface area contributed by atoms with Crippen LogP contribution in [0.5, 0.6) is 0 Å². The Morgan fingerprint density at radius 3 is 0.588 bits per heavy atom. The van der Waals surface area contributed by atoms with Gasteiger partial charge in [0.05, 0.1) is 0 Å². The van der Waals surface area contributed by atoms with E-state index in [9.17, 15) is 14.4 Å². The van der Waals surface area contributed by atoms with Gasteiger partial charge in [0.1, 0.15) is 13.2 Å². The quantitative estimate of drug-likeness (QED) is 0.0343. The van der Waals surface area contributed by atoms with Crippen LogP contribution in [0.2, 0.25) is 0 Å². The van der Waals surface area contributed by atoms with Crippen LogP contribution in [-0.2, 0) is 28.6 Å². The summed E-state index contributed by atoms with van der Waals surface area (Å²) >= 11 is 0. The molecule has 0 rings (SSSR count). The Bertz CT molecular complexity index is 1010. The summed E-state index contributed by atoms with van der Waals surface area (Å²) in [6.07, 6.45) is 65.7. The van der Waals surface area contributed by atoms with E-state index < -0.39 is 6.10 Å². The second kappa shape index (κ2) is 58.0. The maximum absolute atomic E-state index is 12.8. The maximum Gasteiger partial charge on any atom is 0.306 e. The van der Waals surface area contributed by atoms with Crippen molar-refractivity contribution in [3.63, 3.8) is 0 Å². The van der Waals surface area contributed by atoms with E-state index >= 15 is 0 Å². The van der Waals surface area contributed by atoms with Gasteiger partial charge >= 0.3 is 17.9 Å². The molecule has 404 valence electrons. The monoisotopic (exact) mass is 961 g/mol. The van der Waals surface area contributed by atoms with Crippen LogP contribution >= 0.6 is 0 Å². The van der Waals surface area contributed by atoms with Gasteiger partial charge in [-0.05, 0) is 19.3 Å². The minimum absolute atomic E-state index is 0.0616. The number of carbonyl (C=O) groups excluding carboxylic acids is 3. The third-order valence-corrected chi connectivity index (χ3v) is 14.4. The molecule has 0 aromatic heterocycles. The molecule has 0 saturated heterocycles. The van der Waals surface area contributed by atoms with Crippen LogP contribution in [-0.4, -0.2) is 37.2 Å². The fraction of sp³-hybridized carbons (Fsp3) is 0.952. The van der Waals surface area contributed by atoms with Gasteiger partial charge in [-0.25, -0.2) is 0 Å². The van der Waals surface area contributed by atoms with Crippen LogP contribution in [0, 0.1) is 0 Å². The number of esters is 3. The van der Waals surface area contributed by atoms with Gasteiger partial charge in [-0.1, -0.05) is 323 Å². The van der Waals surface area contributed by atoms with E-state index in [1.807, 2.05) is 0 Å². The Labute approximate surface area is 425 Å². The molecule has 0 heterocycles. The molecule has 0 aliphatic heterocycles. The number of ether oxygens (including phenoxy) is 3. The second-order valence-electron chi connectivity index (χ2n) is 21.3. The Kier molecular flexibility index (Phi) is 56.6. The smallest absolute Gasteiger partial charge is 0.306 e. The largest absolute Gasteiger partial charge is 0.462 e. The minimum Gasteiger partial charge on any atom is -0.462 e. The number of hydrogen-bond donors (Lipinski definition) is 0. The van der Waals surface area contributed by atoms with Gasteiger partial charge < -0.3 is 14.2 Å². The Morgan fingerprint density at radius 1 is 0.235 bits per heavy atom. The summed E-state index contributed by atoms with van der Waals surface area (Å²) in [5.74, 6) is -0.839. The Morgan fingerprint density at radius 2 is 0.397 bits per heavy atom. The number of carbonyl (C=O) groups is 3. The van der Waals surface area contributed by atoms with Crippen LogP contribution in [0.1, 0.15) is 361 Å². The highest BCUT2D eigenvalue weighted by molar-refractivity contribution is 5.71. The molecule has 0 bridgehead atoms. The van der Waals surface area contributed by atoms with Crippen molar-refractivity contribution in [2.75, 3.05) is 13.2 Å². The van der Waals surface area contributed by atoms with E-state index in [0.29, 0.717) is 19.3 Å². The standard InChI is InChI=1S/C62H120O6/c1-4-7-10-13-16-18-20-22-24-26-28-29-30-31-32-34-35-37-39-41-43-46-49-52-55-61(64)67-58-59(57-66-60(63)54-51-48-45-15-12-9-6-3)68-62(65)56-53-50-47-44-42-40-38-36-33-27-25-23-21-19-17-14-11-8-5-2/h59H,4-58H2,1-3H3. The van der Waals surface area contributed by atoms with Crippen molar-refractivity contribution in [3.8, 4) is 0 Å². The molecular formula is C62H120O6. The van der Waals surface area contributed by atoms with E-state index in [4.69, 9.17) is 14.2 Å². The van der Waals surface area contributed by atoms with Gasteiger partial charge in [-0.15, -0.1) is 0 Å². The first kappa shape index (κ1) is 66.4. The Balaban J connectivity index is 4.06. The lowest BCUT2D eigenvalue weighted by molar-refractivity contribution is -0.167. The number of unbranched alkanes of at least 4 members (excludes halogenated alkanes) is 47. The van der Waals surface area contributed by atoms with Crippen molar-refractivity contribution in [1.29, 1.82) is 0 Å². The fourth-order valence-electron chi connectivity index (χ4n) is 9.68. The zero-order valence-electron chi connectivity index (χ0n) is 46.4. The topological polar surface area (TPSA) is 78.9 Å². The van der Waals surface area contributed by atoms with E-state index in [1.165, 1.54) is 263 Å². The molecule has 0 fully saturated rings. The molecule has 0 spiro atoms. The molecule has 68 heavy (non-hydrogen) atoms. The van der Waals surface area contributed by atoms with E-state index in [2.05, 4.69) is 20.8 Å². The van der Waals surface area contributed by atoms with Gasteiger partial charge in [0.2, 0.25) is 0 Å². The first-order valence-electron chi connectivity index (χ1n) is 31.0. The van der Waals surface area contributed by atoms with Crippen LogP contribution < -0.4 is 0 Å². The average Bonchev–Trinajstić information content (AvgIpc) is 3.34. The van der Waals surface area contributed by atoms with Crippen LogP contribution in [0.25, 0.3) is 0 Å². The van der Waals surface area contributed by atoms with Crippen molar-refractivity contribution in [3.05, 3.63) is 0 Å². The van der Waals surface area contributed by atoms with Crippen molar-refractivity contribution in [2.24, 2.45) is 0 Å². The lowest BCUT2D eigenvalue weighted by Gasteiger charge is -2.18. The fourth-order valence-corrected chi connectivity index (χ4v) is 9.68. The molecular weight excluding hydrogens is 841 g/mol. The third kappa shape index (κ3) is 55.3. The molecule has 1 unspecified atom stereocenters. The van der Waals surface area contributed by atoms with Gasteiger partial charge in [0.25, 0.3) is 0 Å². The molecule has 6 nitrogen and oxygen atoms in total. The summed E-state index contributed by atoms with van der Waals surface area (Å²) in [4.78, 5) is 38.0. The molecule has 0 aromatic carbocycles. The van der Waals surface area contributed by atoms with Crippen LogP contribution in [0.15, 0.2) is 0 Å². The van der Waals surface area contributed by atoms with Gasteiger partial charge in [-0.3, -0.25) is 14.4 Å². The lowest BCUT2D eigenvalue weighted by atomic mass is 10.0. The van der Waals surface area contributed by atoms with Crippen molar-refractivity contribution in [1.82, 2.24) is 0 Å². The summed E-state index contributed by atoms with van der Waals surface area (Å²) < 4.78 is 16.8. The highest BCUT2D eigenvalue weighted by Crippen LogP contribution is 2.18. The zero-order chi connectivity index (χ0) is 49.3. The predicted octanol–water partition coefficient (Wildman–Crippen LogP) is 20.7. The normalized spacial score (nSPS) is 11.9. The summed E-state index contributed by atoms with van der Waals surface area (Å²) in [7, 11) is 0. The van der Waals surface area contributed by atoms with Crippen LogP contribution in [0.3, 0.4) is 0 Å². The summed E-state index contributed by atoms with van der Waals surface area (Å²) in [5, 5.41) is 0. The molecule has 0 radical (unpaired) electrons. The molecule has 6 heteroatoms. The van der Waals surface area contributed by atoms with Crippen molar-refractivity contribution < 1.29 is 28.6 Å². The van der Waals surface area contributed by atoms with Crippen LogP contribution in [0.4, 0.5) is 0 Å². The minimum atomic E-state index is -0.760. The summed E-state index contributed by atoms with van der Waals surface area (Å²) in [5.41, 5.74) is 0. The van der Waals surface area contributed by atoms with E-state index in [-0.39, 0.29) is 31.1 Å². The van der Waals surface area contributed by atoms with Gasteiger partial charge in [-0.2, -0.15) is 0 Å². The first-order valence-corrected chi connectivity index (χ1v) is 31.0. The maximum atomic E-state index is 12.8. The summed E-state index contributed by atoms with van der Waals surface area (Å²) in [6, 6.07) is 0. The van der Waals surface area contributed by atoms with Gasteiger partial charge in [0, 0.05) is 19.3 Å². The van der Waals surface area contributed by atoms with Crippen molar-refractivity contribution >= 4 is 17.9 Å². The van der Waals surface area contributed by atoms with Gasteiger partial charge in [0.15, 0.2) is 6.10 Å². The molecule has 0 aromatic rings. The molecule has 0 saturated carbocycles. The SMILES string of the molecule is CCCCCCCCCCCCCCCCCCCCCCCCCCC(=O)OCC(COC(=O)CCCCCCCCC)OC(=O)CCCCCCCCCCCCCCCCCCCCC. The van der Waals surface area contributed by atoms with E-state index in [0.717, 1.165) is 57.8 Å². The third-order valence-electron chi connectivity index (χ3n) is 14.4. The highest BCUT2D eigenvalue weighted by Gasteiger charge is 2.19. The average molecular weight is 962 g/mol. The second-order valence-corrected chi connectivity index (χ2v) is 21.3. The predicted molar refractivity (Wildman–Crippen MR) is 294 cm³/mol. The number of rotatable bonds is 58. The van der Waals surface area contributed by atoms with E-state index in [1.54, 1.807) is 0 Å². The molecule has 0 aliphatic carbocycles. The molecule has 0 aliphatic rings.